The highest BCUT2D eigenvalue weighted by Crippen LogP contribution is 2.33. The fraction of sp³-hybridized carbons (Fsp3) is 0.231. The molecule has 0 amide bonds. The third kappa shape index (κ3) is 5.21. The van der Waals surface area contributed by atoms with Gasteiger partial charge >= 0.3 is 5.97 Å². The quantitative estimate of drug-likeness (QED) is 0.378. The summed E-state index contributed by atoms with van der Waals surface area (Å²) in [7, 11) is 0. The van der Waals surface area contributed by atoms with Crippen molar-refractivity contribution < 1.29 is 23.1 Å². The van der Waals surface area contributed by atoms with Gasteiger partial charge in [0.15, 0.2) is 0 Å². The van der Waals surface area contributed by atoms with E-state index in [-0.39, 0.29) is 19.0 Å². The van der Waals surface area contributed by atoms with Crippen molar-refractivity contribution in [2.45, 2.75) is 33.4 Å². The summed E-state index contributed by atoms with van der Waals surface area (Å²) in [6, 6.07) is 13.8. The molecule has 7 heteroatoms. The molecule has 0 spiro atoms. The minimum Gasteiger partial charge on any atom is -0.489 e. The maximum absolute atomic E-state index is 14.0. The van der Waals surface area contributed by atoms with Crippen molar-refractivity contribution in [3.63, 3.8) is 0 Å². The van der Waals surface area contributed by atoms with Gasteiger partial charge in [-0.3, -0.25) is 9.78 Å². The van der Waals surface area contributed by atoms with Crippen LogP contribution in [0.1, 0.15) is 29.3 Å². The number of carbonyl (C=O) groups excluding carboxylic acids is 1. The number of halogens is 1. The number of esters is 1. The number of benzene rings is 2. The van der Waals surface area contributed by atoms with E-state index < -0.39 is 6.01 Å². The summed E-state index contributed by atoms with van der Waals surface area (Å²) in [5.74, 6) is 0.301. The second-order valence-corrected chi connectivity index (χ2v) is 7.73. The van der Waals surface area contributed by atoms with Gasteiger partial charge in [0.2, 0.25) is 0 Å². The van der Waals surface area contributed by atoms with Gasteiger partial charge in [-0.25, -0.2) is 0 Å². The Morgan fingerprint density at radius 1 is 1.15 bits per heavy atom. The predicted molar refractivity (Wildman–Crippen MR) is 123 cm³/mol. The Hall–Kier alpha value is -3.71. The fourth-order valence-corrected chi connectivity index (χ4v) is 3.71. The summed E-state index contributed by atoms with van der Waals surface area (Å²) in [4.78, 5) is 16.2. The van der Waals surface area contributed by atoms with Crippen molar-refractivity contribution >= 4 is 16.9 Å². The van der Waals surface area contributed by atoms with Gasteiger partial charge in [-0.15, -0.1) is 0 Å². The van der Waals surface area contributed by atoms with Crippen LogP contribution in [0.4, 0.5) is 4.39 Å². The Balaban J connectivity index is 1.66. The molecule has 0 saturated heterocycles. The molecular weight excluding hydrogens is 423 g/mol. The van der Waals surface area contributed by atoms with Crippen molar-refractivity contribution in [3.05, 3.63) is 83.1 Å². The Morgan fingerprint density at radius 2 is 2.00 bits per heavy atom. The number of furan rings is 1. The predicted octanol–water partition coefficient (Wildman–Crippen LogP) is 5.09. The molecule has 0 saturated carbocycles. The van der Waals surface area contributed by atoms with Gasteiger partial charge in [0.25, 0.3) is 6.01 Å². The second-order valence-electron chi connectivity index (χ2n) is 7.73. The topological polar surface area (TPSA) is 87.6 Å². The molecule has 2 heterocycles. The standard InChI is InChI=1S/C26H25FN2O4/c1-3-31-25(30)13-19-5-4-16(2)8-23(19)32-15-17-9-20-12-24(27)33-26(20)22(10-17)18-6-7-29-21(11-18)14-28/h4-12H,3,13-15,28H2,1-2H3. The molecule has 0 bridgehead atoms. The monoisotopic (exact) mass is 448 g/mol. The number of fused-ring (bicyclic) bond motifs is 1. The highest BCUT2D eigenvalue weighted by molar-refractivity contribution is 5.93. The number of nitrogens with two attached hydrogens (primary N) is 1. The van der Waals surface area contributed by atoms with E-state index in [1.165, 1.54) is 6.07 Å². The molecule has 170 valence electrons. The van der Waals surface area contributed by atoms with Crippen LogP contribution in [-0.4, -0.2) is 17.6 Å². The van der Waals surface area contributed by atoms with Crippen molar-refractivity contribution in [3.8, 4) is 16.9 Å². The Morgan fingerprint density at radius 3 is 2.79 bits per heavy atom. The first-order valence-corrected chi connectivity index (χ1v) is 10.7. The van der Waals surface area contributed by atoms with Gasteiger partial charge in [-0.05, 0) is 60.9 Å². The zero-order valence-electron chi connectivity index (χ0n) is 18.6. The summed E-state index contributed by atoms with van der Waals surface area (Å²) in [6.45, 7) is 4.58. The summed E-state index contributed by atoms with van der Waals surface area (Å²) in [6.07, 6.45) is 1.79. The molecule has 4 rings (SSSR count). The average molecular weight is 448 g/mol. The molecule has 0 aliphatic heterocycles. The van der Waals surface area contributed by atoms with Crippen LogP contribution < -0.4 is 10.5 Å². The van der Waals surface area contributed by atoms with Crippen molar-refractivity contribution in [2.75, 3.05) is 6.61 Å². The second kappa shape index (κ2) is 9.83. The molecule has 2 N–H and O–H groups in total. The number of rotatable bonds is 8. The number of aryl methyl sites for hydroxylation is 1. The lowest BCUT2D eigenvalue weighted by Crippen LogP contribution is -2.09. The number of pyridine rings is 1. The molecule has 2 aromatic carbocycles. The third-order valence-electron chi connectivity index (χ3n) is 5.24. The maximum Gasteiger partial charge on any atom is 0.310 e. The number of nitrogens with zero attached hydrogens (tertiary/aromatic N) is 1. The summed E-state index contributed by atoms with van der Waals surface area (Å²) in [5, 5.41) is 0.630. The summed E-state index contributed by atoms with van der Waals surface area (Å²) in [5.41, 5.74) is 11.0. The molecular formula is C26H25FN2O4. The largest absolute Gasteiger partial charge is 0.489 e. The van der Waals surface area contributed by atoms with E-state index in [2.05, 4.69) is 4.98 Å². The van der Waals surface area contributed by atoms with Crippen LogP contribution in [-0.2, 0) is 29.1 Å². The van der Waals surface area contributed by atoms with Gasteiger partial charge in [0.05, 0.1) is 18.7 Å². The number of carbonyl (C=O) groups is 1. The molecule has 6 nitrogen and oxygen atoms in total. The highest BCUT2D eigenvalue weighted by Gasteiger charge is 2.15. The van der Waals surface area contributed by atoms with Crippen LogP contribution >= 0.6 is 0 Å². The molecule has 33 heavy (non-hydrogen) atoms. The van der Waals surface area contributed by atoms with Crippen LogP contribution in [0.3, 0.4) is 0 Å². The SMILES string of the molecule is CCOC(=O)Cc1ccc(C)cc1OCc1cc(-c2ccnc(CN)c2)c2oc(F)cc2c1. The molecule has 0 unspecified atom stereocenters. The molecule has 4 aromatic rings. The Bertz CT molecular complexity index is 1300. The van der Waals surface area contributed by atoms with Crippen LogP contribution in [0.15, 0.2) is 59.1 Å². The minimum atomic E-state index is -0.659. The van der Waals surface area contributed by atoms with E-state index in [0.717, 1.165) is 33.5 Å². The molecule has 0 aliphatic carbocycles. The van der Waals surface area contributed by atoms with E-state index in [1.807, 2.05) is 49.4 Å². The van der Waals surface area contributed by atoms with Gasteiger partial charge in [0, 0.05) is 35.3 Å². The average Bonchev–Trinajstić information content (AvgIpc) is 3.18. The van der Waals surface area contributed by atoms with Gasteiger partial charge in [0.1, 0.15) is 17.9 Å². The minimum absolute atomic E-state index is 0.125. The lowest BCUT2D eigenvalue weighted by atomic mass is 10.0. The van der Waals surface area contributed by atoms with Gasteiger partial charge in [-0.1, -0.05) is 12.1 Å². The molecule has 0 fully saturated rings. The lowest BCUT2D eigenvalue weighted by molar-refractivity contribution is -0.142. The van der Waals surface area contributed by atoms with Crippen molar-refractivity contribution in [2.24, 2.45) is 5.73 Å². The normalized spacial score (nSPS) is 11.0. The number of ether oxygens (including phenoxy) is 2. The van der Waals surface area contributed by atoms with Gasteiger partial charge in [-0.2, -0.15) is 4.39 Å². The zero-order valence-corrected chi connectivity index (χ0v) is 18.6. The zero-order chi connectivity index (χ0) is 23.4. The van der Waals surface area contributed by atoms with Crippen molar-refractivity contribution in [1.29, 1.82) is 0 Å². The molecule has 0 radical (unpaired) electrons. The first kappa shape index (κ1) is 22.5. The van der Waals surface area contributed by atoms with Crippen LogP contribution in [0.2, 0.25) is 0 Å². The molecule has 0 aliphatic rings. The smallest absolute Gasteiger partial charge is 0.310 e. The fourth-order valence-electron chi connectivity index (χ4n) is 3.71. The molecule has 2 aromatic heterocycles. The number of hydrogen-bond donors (Lipinski definition) is 1. The molecule has 0 atom stereocenters. The number of aromatic nitrogens is 1. The van der Waals surface area contributed by atoms with E-state index in [0.29, 0.717) is 29.9 Å². The van der Waals surface area contributed by atoms with Gasteiger partial charge < -0.3 is 19.6 Å². The lowest BCUT2D eigenvalue weighted by Gasteiger charge is -2.13. The number of hydrogen-bond acceptors (Lipinski definition) is 6. The third-order valence-corrected chi connectivity index (χ3v) is 5.24. The van der Waals surface area contributed by atoms with E-state index >= 15 is 0 Å². The van der Waals surface area contributed by atoms with Crippen LogP contribution in [0.5, 0.6) is 5.75 Å². The highest BCUT2D eigenvalue weighted by atomic mass is 19.1. The van der Waals surface area contributed by atoms with Crippen LogP contribution in [0.25, 0.3) is 22.1 Å². The maximum atomic E-state index is 14.0. The van der Waals surface area contributed by atoms with E-state index in [1.54, 1.807) is 13.1 Å². The first-order valence-electron chi connectivity index (χ1n) is 10.7. The Kier molecular flexibility index (Phi) is 6.70. The summed E-state index contributed by atoms with van der Waals surface area (Å²) >= 11 is 0. The first-order chi connectivity index (χ1) is 16.0. The summed E-state index contributed by atoms with van der Waals surface area (Å²) < 4.78 is 30.5. The van der Waals surface area contributed by atoms with E-state index in [4.69, 9.17) is 19.6 Å². The van der Waals surface area contributed by atoms with E-state index in [9.17, 15) is 9.18 Å². The van der Waals surface area contributed by atoms with Crippen molar-refractivity contribution in [1.82, 2.24) is 4.98 Å². The van der Waals surface area contributed by atoms with Crippen LogP contribution in [0, 0.1) is 12.9 Å². The Labute approximate surface area is 191 Å².